The lowest BCUT2D eigenvalue weighted by molar-refractivity contribution is -0.0952. The van der Waals surface area contributed by atoms with Crippen LogP contribution in [-0.2, 0) is 24.2 Å². The highest BCUT2D eigenvalue weighted by atomic mass is 16.7. The molecule has 0 aliphatic carbocycles. The van der Waals surface area contributed by atoms with Crippen molar-refractivity contribution in [2.24, 2.45) is 0 Å². The number of ether oxygens (including phenoxy) is 3. The summed E-state index contributed by atoms with van der Waals surface area (Å²) >= 11 is 0. The Bertz CT molecular complexity index is 3150. The van der Waals surface area contributed by atoms with Gasteiger partial charge in [0, 0.05) is 47.0 Å². The molecule has 0 bridgehead atoms. The first-order valence-corrected chi connectivity index (χ1v) is 17.9. The zero-order valence-electron chi connectivity index (χ0n) is 30.0. The average Bonchev–Trinajstić information content (AvgIpc) is 3.17. The maximum Gasteiger partial charge on any atom is 0.339 e. The van der Waals surface area contributed by atoms with Gasteiger partial charge in [-0.15, -0.1) is 0 Å². The van der Waals surface area contributed by atoms with Gasteiger partial charge in [0.2, 0.25) is 6.29 Å². The summed E-state index contributed by atoms with van der Waals surface area (Å²) in [7, 11) is 0. The summed E-state index contributed by atoms with van der Waals surface area (Å²) in [5.74, 6) is 0.920. The zero-order chi connectivity index (χ0) is 39.4. The Kier molecular flexibility index (Phi) is 8.70. The molecular formula is C44H30O13. The molecule has 2 N–H and O–H groups in total. The van der Waals surface area contributed by atoms with E-state index in [0.717, 1.165) is 5.56 Å². The summed E-state index contributed by atoms with van der Waals surface area (Å²) in [6.45, 7) is 2.07. The molecule has 13 nitrogen and oxygen atoms in total. The first-order chi connectivity index (χ1) is 27.6. The van der Waals surface area contributed by atoms with Crippen LogP contribution < -0.4 is 32.0 Å². The van der Waals surface area contributed by atoms with Crippen molar-refractivity contribution in [1.82, 2.24) is 0 Å². The highest BCUT2D eigenvalue weighted by molar-refractivity contribution is 5.87. The lowest BCUT2D eigenvalue weighted by atomic mass is 9.95. The van der Waals surface area contributed by atoms with Crippen LogP contribution in [0.1, 0.15) is 46.6 Å². The Morgan fingerprint density at radius 1 is 0.632 bits per heavy atom. The number of aromatic hydroxyl groups is 2. The molecule has 1 aliphatic rings. The van der Waals surface area contributed by atoms with Crippen molar-refractivity contribution in [3.8, 4) is 34.3 Å². The van der Waals surface area contributed by atoms with Gasteiger partial charge in [-0.05, 0) is 96.3 Å². The third-order valence-electron chi connectivity index (χ3n) is 9.73. The molecule has 57 heavy (non-hydrogen) atoms. The largest absolute Gasteiger partial charge is 0.508 e. The number of phenolic OH excluding ortho intramolecular Hbond substituents is 2. The SMILES string of the molecule is CCOc1cccc2oc(=O)cc(COC3Oc4ccc(Cc5cc(=O)oc6ccc(O)cc56)cc4-c4oc(=O)c(Cc5cc(=O)oc6cc(O)ccc56)cc43)c12. The fourth-order valence-corrected chi connectivity index (χ4v) is 7.28. The van der Waals surface area contributed by atoms with Gasteiger partial charge in [-0.3, -0.25) is 0 Å². The van der Waals surface area contributed by atoms with E-state index in [0.29, 0.717) is 73.2 Å². The lowest BCUT2D eigenvalue weighted by Gasteiger charge is -2.28. The van der Waals surface area contributed by atoms with Crippen LogP contribution in [0.25, 0.3) is 44.2 Å². The van der Waals surface area contributed by atoms with Crippen LogP contribution in [0.4, 0.5) is 0 Å². The second-order valence-electron chi connectivity index (χ2n) is 13.5. The molecule has 0 saturated carbocycles. The Morgan fingerprint density at radius 2 is 1.35 bits per heavy atom. The molecule has 4 aromatic heterocycles. The number of benzene rings is 4. The van der Waals surface area contributed by atoms with Crippen LogP contribution in [-0.4, -0.2) is 16.8 Å². The fraction of sp³-hybridized carbons (Fsp3) is 0.136. The Hall–Kier alpha value is -7.38. The van der Waals surface area contributed by atoms with Crippen LogP contribution in [0.2, 0.25) is 0 Å². The van der Waals surface area contributed by atoms with E-state index >= 15 is 0 Å². The first kappa shape index (κ1) is 35.3. The lowest BCUT2D eigenvalue weighted by Crippen LogP contribution is -2.21. The summed E-state index contributed by atoms with van der Waals surface area (Å²) in [4.78, 5) is 51.4. The Labute approximate surface area is 320 Å². The fourth-order valence-electron chi connectivity index (χ4n) is 7.28. The number of phenols is 2. The van der Waals surface area contributed by atoms with E-state index in [9.17, 15) is 29.4 Å². The van der Waals surface area contributed by atoms with Gasteiger partial charge >= 0.3 is 22.5 Å². The molecule has 0 saturated heterocycles. The maximum absolute atomic E-state index is 13.8. The maximum atomic E-state index is 13.8. The van der Waals surface area contributed by atoms with E-state index in [1.54, 1.807) is 48.5 Å². The van der Waals surface area contributed by atoms with Crippen molar-refractivity contribution in [3.05, 3.63) is 172 Å². The number of rotatable bonds is 9. The smallest absolute Gasteiger partial charge is 0.339 e. The summed E-state index contributed by atoms with van der Waals surface area (Å²) in [5.41, 5.74) is 1.54. The van der Waals surface area contributed by atoms with Crippen LogP contribution >= 0.6 is 0 Å². The number of hydrogen-bond donors (Lipinski definition) is 2. The van der Waals surface area contributed by atoms with Crippen molar-refractivity contribution in [3.63, 3.8) is 0 Å². The van der Waals surface area contributed by atoms with Gasteiger partial charge < -0.3 is 42.1 Å². The van der Waals surface area contributed by atoms with E-state index in [1.165, 1.54) is 48.5 Å². The van der Waals surface area contributed by atoms with Crippen molar-refractivity contribution < 1.29 is 42.1 Å². The third kappa shape index (κ3) is 6.70. The van der Waals surface area contributed by atoms with E-state index in [-0.39, 0.29) is 47.9 Å². The van der Waals surface area contributed by atoms with Gasteiger partial charge in [0.25, 0.3) is 0 Å². The number of fused-ring (bicyclic) bond motifs is 6. The minimum atomic E-state index is -1.15. The molecule has 0 spiro atoms. The van der Waals surface area contributed by atoms with Crippen molar-refractivity contribution in [2.45, 2.75) is 32.7 Å². The second kappa shape index (κ2) is 14.0. The van der Waals surface area contributed by atoms with Gasteiger partial charge in [0.05, 0.1) is 29.7 Å². The summed E-state index contributed by atoms with van der Waals surface area (Å²) < 4.78 is 40.9. The molecule has 5 heterocycles. The molecular weight excluding hydrogens is 736 g/mol. The molecule has 1 unspecified atom stereocenters. The van der Waals surface area contributed by atoms with E-state index in [4.69, 9.17) is 31.9 Å². The predicted octanol–water partition coefficient (Wildman–Crippen LogP) is 7.23. The quantitative estimate of drug-likeness (QED) is 0.140. The molecule has 13 heteroatoms. The van der Waals surface area contributed by atoms with Crippen molar-refractivity contribution >= 4 is 32.9 Å². The molecule has 1 atom stereocenters. The molecule has 4 aromatic carbocycles. The van der Waals surface area contributed by atoms with Crippen LogP contribution in [0.15, 0.2) is 134 Å². The summed E-state index contributed by atoms with van der Waals surface area (Å²) in [5, 5.41) is 21.8. The molecule has 1 aliphatic heterocycles. The van der Waals surface area contributed by atoms with Gasteiger partial charge in [-0.25, -0.2) is 19.2 Å². The Balaban J connectivity index is 1.14. The standard InChI is InChI=1S/C44H30O13/c1-2-51-35-4-3-5-36-41(35)26(18-40(49)54-36)21-52-44-32-15-25(14-24-17-39(48)55-37-20-28(46)7-9-29(24)37)43(50)57-42(32)31-13-22(6-10-34(31)56-44)12-23-16-38(47)53-33-11-8-27(45)19-30(23)33/h3-11,13,15-20,44-46H,2,12,14,21H2,1H3. The predicted molar refractivity (Wildman–Crippen MR) is 206 cm³/mol. The second-order valence-corrected chi connectivity index (χ2v) is 13.5. The van der Waals surface area contributed by atoms with E-state index in [1.807, 2.05) is 6.92 Å². The summed E-state index contributed by atoms with van der Waals surface area (Å²) in [6, 6.07) is 24.8. The molecule has 8 aromatic rings. The molecule has 0 fully saturated rings. The summed E-state index contributed by atoms with van der Waals surface area (Å²) in [6.07, 6.45) is -0.939. The van der Waals surface area contributed by atoms with Crippen molar-refractivity contribution in [1.29, 1.82) is 0 Å². The van der Waals surface area contributed by atoms with Gasteiger partial charge in [-0.1, -0.05) is 12.1 Å². The van der Waals surface area contributed by atoms with Gasteiger partial charge in [-0.2, -0.15) is 0 Å². The van der Waals surface area contributed by atoms with Crippen LogP contribution in [0.3, 0.4) is 0 Å². The topological polar surface area (TPSA) is 189 Å². The van der Waals surface area contributed by atoms with E-state index < -0.39 is 28.8 Å². The third-order valence-corrected chi connectivity index (χ3v) is 9.73. The number of hydrogen-bond acceptors (Lipinski definition) is 13. The zero-order valence-corrected chi connectivity index (χ0v) is 30.0. The Morgan fingerprint density at radius 3 is 2.16 bits per heavy atom. The highest BCUT2D eigenvalue weighted by Gasteiger charge is 2.32. The monoisotopic (exact) mass is 766 g/mol. The molecule has 0 amide bonds. The minimum Gasteiger partial charge on any atom is -0.508 e. The average molecular weight is 767 g/mol. The van der Waals surface area contributed by atoms with Gasteiger partial charge in [0.1, 0.15) is 39.7 Å². The molecule has 9 rings (SSSR count). The van der Waals surface area contributed by atoms with Gasteiger partial charge in [0.15, 0.2) is 5.76 Å². The first-order valence-electron chi connectivity index (χ1n) is 17.9. The van der Waals surface area contributed by atoms with Crippen LogP contribution in [0, 0.1) is 0 Å². The van der Waals surface area contributed by atoms with Crippen LogP contribution in [0.5, 0.6) is 23.0 Å². The minimum absolute atomic E-state index is 0.00925. The normalized spacial score (nSPS) is 13.4. The molecule has 0 radical (unpaired) electrons. The van der Waals surface area contributed by atoms with E-state index in [2.05, 4.69) is 0 Å². The highest BCUT2D eigenvalue weighted by Crippen LogP contribution is 2.44. The molecule has 284 valence electrons. The van der Waals surface area contributed by atoms with Crippen molar-refractivity contribution in [2.75, 3.05) is 6.61 Å².